The number of para-hydroxylation sites is 1. The molecule has 1 aliphatic heterocycles. The summed E-state index contributed by atoms with van der Waals surface area (Å²) in [6.45, 7) is 2.97. The highest BCUT2D eigenvalue weighted by Crippen LogP contribution is 2.50. The maximum atomic E-state index is 14.1. The van der Waals surface area contributed by atoms with Gasteiger partial charge in [-0.05, 0) is 50.5 Å². The van der Waals surface area contributed by atoms with Crippen LogP contribution < -0.4 is 0 Å². The highest BCUT2D eigenvalue weighted by molar-refractivity contribution is 7.99. The molecular formula is C27H26Cl3F3N2O3S. The van der Waals surface area contributed by atoms with E-state index in [0.29, 0.717) is 10.5 Å². The van der Waals surface area contributed by atoms with E-state index in [-0.39, 0.29) is 31.5 Å². The second-order valence-electron chi connectivity index (χ2n) is 9.89. The van der Waals surface area contributed by atoms with Gasteiger partial charge in [-0.2, -0.15) is 13.2 Å². The Morgan fingerprint density at radius 2 is 1.64 bits per heavy atom. The molecule has 0 spiro atoms. The average molecular weight is 622 g/mol. The van der Waals surface area contributed by atoms with Gasteiger partial charge in [-0.25, -0.2) is 9.78 Å². The fourth-order valence-corrected chi connectivity index (χ4v) is 5.80. The van der Waals surface area contributed by atoms with Crippen molar-refractivity contribution in [1.82, 2.24) is 9.88 Å². The van der Waals surface area contributed by atoms with Crippen LogP contribution in [0.25, 0.3) is 10.9 Å². The maximum Gasteiger partial charge on any atom is 0.416 e. The summed E-state index contributed by atoms with van der Waals surface area (Å²) < 4.78 is 45.7. The summed E-state index contributed by atoms with van der Waals surface area (Å²) in [5.74, 6) is 0. The number of rotatable bonds is 5. The fourth-order valence-electron chi connectivity index (χ4n) is 4.36. The molecule has 39 heavy (non-hydrogen) atoms. The number of hydrogen-bond donors (Lipinski definition) is 1. The molecule has 5 nitrogen and oxygen atoms in total. The first-order valence-corrected chi connectivity index (χ1v) is 14.1. The van der Waals surface area contributed by atoms with E-state index in [4.69, 9.17) is 39.5 Å². The smallest absolute Gasteiger partial charge is 0.416 e. The minimum Gasteiger partial charge on any atom is -0.439 e. The number of alkyl halides is 6. The van der Waals surface area contributed by atoms with E-state index in [0.717, 1.165) is 23.2 Å². The molecule has 0 aliphatic carbocycles. The standard InChI is InChI=1S/C27H26Cl3F3N2O3S/c1-24(2,27(28,29)30)38-23(36)35-15-13-25(37,14-16-35)22(18-8-4-5-9-19(18)26(31,32)33)39-21-12-11-17-7-3-6-10-20(17)34-21/h3-12,22,37H,13-16H2,1-2H3/t22-/m1/s1. The SMILES string of the molecule is CC(C)(OC(=O)N1CCC(O)([C@H](Sc2ccc3ccccc3n2)c2ccccc2C(F)(F)F)CC1)C(Cl)(Cl)Cl. The van der Waals surface area contributed by atoms with Crippen molar-refractivity contribution in [1.29, 1.82) is 0 Å². The Labute approximate surface area is 243 Å². The predicted octanol–water partition coefficient (Wildman–Crippen LogP) is 8.20. The van der Waals surface area contributed by atoms with Crippen molar-refractivity contribution in [2.24, 2.45) is 0 Å². The third-order valence-electron chi connectivity index (χ3n) is 6.76. The molecule has 0 bridgehead atoms. The van der Waals surface area contributed by atoms with E-state index >= 15 is 0 Å². The molecule has 3 aromatic rings. The van der Waals surface area contributed by atoms with Crippen LogP contribution in [0.1, 0.15) is 43.1 Å². The van der Waals surface area contributed by atoms with Gasteiger partial charge in [-0.3, -0.25) is 0 Å². The van der Waals surface area contributed by atoms with Crippen molar-refractivity contribution in [3.8, 4) is 0 Å². The molecule has 1 aromatic heterocycles. The number of benzene rings is 2. The van der Waals surface area contributed by atoms with Crippen molar-refractivity contribution < 1.29 is 27.8 Å². The first-order valence-electron chi connectivity index (χ1n) is 12.1. The number of pyridine rings is 1. The zero-order chi connectivity index (χ0) is 28.6. The number of thioether (sulfide) groups is 1. The Balaban J connectivity index is 1.64. The Hall–Kier alpha value is -1.91. The van der Waals surface area contributed by atoms with Gasteiger partial charge in [-0.1, -0.05) is 89.0 Å². The summed E-state index contributed by atoms with van der Waals surface area (Å²) in [4.78, 5) is 18.8. The van der Waals surface area contributed by atoms with E-state index in [1.165, 1.54) is 36.9 Å². The fraction of sp³-hybridized carbons (Fsp3) is 0.407. The van der Waals surface area contributed by atoms with Gasteiger partial charge in [0.2, 0.25) is 3.79 Å². The number of nitrogens with zero attached hydrogens (tertiary/aromatic N) is 2. The van der Waals surface area contributed by atoms with Gasteiger partial charge in [0.15, 0.2) is 5.60 Å². The summed E-state index contributed by atoms with van der Waals surface area (Å²) in [6, 6.07) is 16.2. The highest BCUT2D eigenvalue weighted by atomic mass is 35.6. The van der Waals surface area contributed by atoms with Crippen LogP contribution in [0.5, 0.6) is 0 Å². The summed E-state index contributed by atoms with van der Waals surface area (Å²) in [5, 5.41) is 12.2. The van der Waals surface area contributed by atoms with Gasteiger partial charge < -0.3 is 14.7 Å². The Morgan fingerprint density at radius 1 is 1.03 bits per heavy atom. The number of carbonyl (C=O) groups excluding carboxylic acids is 1. The van der Waals surface area contributed by atoms with Crippen molar-refractivity contribution in [3.05, 3.63) is 71.8 Å². The second-order valence-corrected chi connectivity index (χ2v) is 13.3. The molecule has 0 saturated carbocycles. The Kier molecular flexibility index (Phi) is 8.60. The molecule has 0 radical (unpaired) electrons. The number of aromatic nitrogens is 1. The minimum atomic E-state index is -4.63. The van der Waals surface area contributed by atoms with E-state index in [1.54, 1.807) is 6.07 Å². The van der Waals surface area contributed by atoms with Crippen molar-refractivity contribution in [3.63, 3.8) is 0 Å². The molecule has 12 heteroatoms. The maximum absolute atomic E-state index is 14.1. The molecule has 210 valence electrons. The number of likely N-dealkylation sites (tertiary alicyclic amines) is 1. The van der Waals surface area contributed by atoms with Gasteiger partial charge in [0.1, 0.15) is 0 Å². The third kappa shape index (κ3) is 6.70. The van der Waals surface area contributed by atoms with E-state index < -0.39 is 38.1 Å². The average Bonchev–Trinajstić information content (AvgIpc) is 2.86. The lowest BCUT2D eigenvalue weighted by Gasteiger charge is -2.43. The number of piperidine rings is 1. The number of amides is 1. The summed E-state index contributed by atoms with van der Waals surface area (Å²) in [6.07, 6.45) is -5.39. The first-order chi connectivity index (χ1) is 18.1. The molecule has 1 amide bonds. The van der Waals surface area contributed by atoms with Crippen molar-refractivity contribution in [2.75, 3.05) is 13.1 Å². The van der Waals surface area contributed by atoms with Gasteiger partial charge in [0.25, 0.3) is 0 Å². The molecule has 1 fully saturated rings. The Morgan fingerprint density at radius 3 is 2.28 bits per heavy atom. The zero-order valence-electron chi connectivity index (χ0n) is 21.0. The number of fused-ring (bicyclic) bond motifs is 1. The van der Waals surface area contributed by atoms with Crippen molar-refractivity contribution >= 4 is 63.6 Å². The lowest BCUT2D eigenvalue weighted by molar-refractivity contribution is -0.138. The quantitative estimate of drug-likeness (QED) is 0.230. The molecule has 2 aromatic carbocycles. The zero-order valence-corrected chi connectivity index (χ0v) is 24.1. The van der Waals surface area contributed by atoms with Crippen LogP contribution in [0, 0.1) is 0 Å². The predicted molar refractivity (Wildman–Crippen MR) is 148 cm³/mol. The van der Waals surface area contributed by atoms with Gasteiger partial charge in [0, 0.05) is 18.5 Å². The molecule has 4 rings (SSSR count). The first kappa shape index (κ1) is 30.1. The van der Waals surface area contributed by atoms with Gasteiger partial charge >= 0.3 is 12.3 Å². The van der Waals surface area contributed by atoms with Crippen LogP contribution in [0.3, 0.4) is 0 Å². The van der Waals surface area contributed by atoms with Gasteiger partial charge in [0.05, 0.1) is 27.0 Å². The number of aliphatic hydroxyl groups is 1. The molecule has 1 atom stereocenters. The minimum absolute atomic E-state index is 0.00621. The van der Waals surface area contributed by atoms with Crippen molar-refractivity contribution in [2.45, 2.75) is 58.1 Å². The summed E-state index contributed by atoms with van der Waals surface area (Å²) in [7, 11) is 0. The molecule has 1 saturated heterocycles. The van der Waals surface area contributed by atoms with E-state index in [9.17, 15) is 23.1 Å². The Bertz CT molecular complexity index is 1340. The van der Waals surface area contributed by atoms with Crippen LogP contribution in [0.15, 0.2) is 65.7 Å². The summed E-state index contributed by atoms with van der Waals surface area (Å²) in [5.41, 5.74) is -3.23. The van der Waals surface area contributed by atoms with Crippen LogP contribution in [0.4, 0.5) is 18.0 Å². The number of carbonyl (C=O) groups is 1. The molecule has 0 unspecified atom stereocenters. The van der Waals surface area contributed by atoms with Gasteiger partial charge in [-0.15, -0.1) is 0 Å². The molecule has 1 aliphatic rings. The second kappa shape index (κ2) is 11.2. The summed E-state index contributed by atoms with van der Waals surface area (Å²) >= 11 is 18.8. The van der Waals surface area contributed by atoms with Crippen LogP contribution in [-0.2, 0) is 10.9 Å². The molecular weight excluding hydrogens is 596 g/mol. The van der Waals surface area contributed by atoms with Crippen LogP contribution in [-0.4, -0.2) is 49.2 Å². The normalized spacial score (nSPS) is 17.2. The molecule has 2 heterocycles. The van der Waals surface area contributed by atoms with E-state index in [2.05, 4.69) is 4.98 Å². The largest absolute Gasteiger partial charge is 0.439 e. The van der Waals surface area contributed by atoms with E-state index in [1.807, 2.05) is 30.3 Å². The lowest BCUT2D eigenvalue weighted by Crippen LogP contribution is -2.52. The van der Waals surface area contributed by atoms with Crippen LogP contribution >= 0.6 is 46.6 Å². The number of halogens is 6. The van der Waals surface area contributed by atoms with Crippen LogP contribution in [0.2, 0.25) is 0 Å². The monoisotopic (exact) mass is 620 g/mol. The number of ether oxygens (including phenoxy) is 1. The topological polar surface area (TPSA) is 62.7 Å². The highest BCUT2D eigenvalue weighted by Gasteiger charge is 2.48. The third-order valence-corrected chi connectivity index (χ3v) is 9.52. The lowest BCUT2D eigenvalue weighted by atomic mass is 9.83. The number of hydrogen-bond acceptors (Lipinski definition) is 5. The molecule has 1 N–H and O–H groups in total.